The van der Waals surface area contributed by atoms with Crippen LogP contribution in [0, 0.1) is 13.8 Å². The molecule has 34 heavy (non-hydrogen) atoms. The summed E-state index contributed by atoms with van der Waals surface area (Å²) in [4.78, 5) is 29.0. The predicted molar refractivity (Wildman–Crippen MR) is 134 cm³/mol. The van der Waals surface area contributed by atoms with Crippen molar-refractivity contribution in [1.82, 2.24) is 9.55 Å². The molecule has 0 aliphatic heterocycles. The maximum Gasteiger partial charge on any atom is 0.349 e. The molecule has 0 fully saturated rings. The zero-order valence-electron chi connectivity index (χ0n) is 18.8. The van der Waals surface area contributed by atoms with Crippen molar-refractivity contribution in [3.63, 3.8) is 0 Å². The molecule has 0 aliphatic rings. The summed E-state index contributed by atoms with van der Waals surface area (Å²) in [5.41, 5.74) is 10.6. The van der Waals surface area contributed by atoms with Gasteiger partial charge in [0.25, 0.3) is 5.91 Å². The molecule has 2 radical (unpaired) electrons. The zero-order valence-corrected chi connectivity index (χ0v) is 18.8. The first-order valence-electron chi connectivity index (χ1n) is 10.8. The van der Waals surface area contributed by atoms with Crippen molar-refractivity contribution in [2.45, 2.75) is 20.4 Å². The maximum absolute atomic E-state index is 12.4. The van der Waals surface area contributed by atoms with Gasteiger partial charge in [-0.25, -0.2) is 9.78 Å². The lowest BCUT2D eigenvalue weighted by molar-refractivity contribution is 0.0996. The van der Waals surface area contributed by atoms with Crippen LogP contribution in [0.25, 0.3) is 22.0 Å². The smallest absolute Gasteiger partial charge is 0.349 e. The third kappa shape index (κ3) is 3.83. The summed E-state index contributed by atoms with van der Waals surface area (Å²) in [7, 11) is 5.85. The second-order valence-corrected chi connectivity index (χ2v) is 8.35. The lowest BCUT2D eigenvalue weighted by atomic mass is 9.95. The lowest BCUT2D eigenvalue weighted by Gasteiger charge is -2.12. The standard InChI is InChI=1S/C26H21BN4O3/c1-14-3-9-18(10-4-14)29-26-30-20-11-19-15(2)23(24(28)32)25(33)34-22(19)12-21(20)31(26)13-16-5-7-17(27)8-6-16/h3-12H,13H2,1-2H3,(H2,28,32)(H,29,30). The van der Waals surface area contributed by atoms with E-state index in [4.69, 9.17) is 23.0 Å². The Labute approximate surface area is 196 Å². The molecule has 3 N–H and O–H groups in total. The number of aromatic nitrogens is 2. The van der Waals surface area contributed by atoms with Crippen LogP contribution in [0.15, 0.2) is 69.9 Å². The van der Waals surface area contributed by atoms with Crippen LogP contribution in [0.4, 0.5) is 11.6 Å². The van der Waals surface area contributed by atoms with Crippen LogP contribution in [-0.4, -0.2) is 23.3 Å². The van der Waals surface area contributed by atoms with Gasteiger partial charge in [0.15, 0.2) is 0 Å². The molecule has 5 aromatic rings. The van der Waals surface area contributed by atoms with E-state index in [-0.39, 0.29) is 5.56 Å². The molecule has 0 aliphatic carbocycles. The number of aryl methyl sites for hydroxylation is 2. The molecule has 8 heteroatoms. The Morgan fingerprint density at radius 1 is 1.09 bits per heavy atom. The van der Waals surface area contributed by atoms with E-state index in [2.05, 4.69) is 5.32 Å². The summed E-state index contributed by atoms with van der Waals surface area (Å²) in [6.45, 7) is 4.23. The minimum Gasteiger partial charge on any atom is -0.422 e. The number of imidazole rings is 1. The number of hydrogen-bond donors (Lipinski definition) is 2. The molecule has 166 valence electrons. The molecule has 2 heterocycles. The molecule has 0 unspecified atom stereocenters. The highest BCUT2D eigenvalue weighted by Crippen LogP contribution is 2.30. The number of carbonyl (C=O) groups excluding carboxylic acids is 1. The summed E-state index contributed by atoms with van der Waals surface area (Å²) in [5, 5.41) is 4.00. The second-order valence-electron chi connectivity index (χ2n) is 8.35. The van der Waals surface area contributed by atoms with Crippen molar-refractivity contribution < 1.29 is 9.21 Å². The lowest BCUT2D eigenvalue weighted by Crippen LogP contribution is -2.22. The number of carbonyl (C=O) groups is 1. The van der Waals surface area contributed by atoms with Gasteiger partial charge in [-0.05, 0) is 43.2 Å². The first-order chi connectivity index (χ1) is 16.3. The van der Waals surface area contributed by atoms with E-state index in [1.807, 2.05) is 66.1 Å². The molecule has 0 bridgehead atoms. The SMILES string of the molecule is [B]c1ccc(Cn2c(Nc3ccc(C)cc3)nc3cc4c(C)c(C(N)=O)c(=O)oc4cc32)cc1. The number of amides is 1. The van der Waals surface area contributed by atoms with Crippen LogP contribution in [0.3, 0.4) is 0 Å². The molecule has 0 saturated carbocycles. The molecule has 0 atom stereocenters. The molecular weight excluding hydrogens is 427 g/mol. The number of fused-ring (bicyclic) bond motifs is 2. The average Bonchev–Trinajstić information content (AvgIpc) is 3.11. The summed E-state index contributed by atoms with van der Waals surface area (Å²) in [6.07, 6.45) is 0. The number of primary amides is 1. The fraction of sp³-hybridized carbons (Fsp3) is 0.115. The van der Waals surface area contributed by atoms with Crippen LogP contribution < -0.4 is 22.1 Å². The van der Waals surface area contributed by atoms with Crippen LogP contribution in [0.2, 0.25) is 0 Å². The Kier molecular flexibility index (Phi) is 5.20. The monoisotopic (exact) mass is 448 g/mol. The van der Waals surface area contributed by atoms with Gasteiger partial charge in [-0.2, -0.15) is 0 Å². The molecule has 1 amide bonds. The molecule has 2 aromatic heterocycles. The third-order valence-electron chi connectivity index (χ3n) is 5.91. The molecule has 5 rings (SSSR count). The Balaban J connectivity index is 1.72. The number of benzene rings is 3. The number of rotatable bonds is 5. The van der Waals surface area contributed by atoms with Gasteiger partial charge < -0.3 is 20.0 Å². The Morgan fingerprint density at radius 2 is 1.79 bits per heavy atom. The third-order valence-corrected chi connectivity index (χ3v) is 5.91. The van der Waals surface area contributed by atoms with Gasteiger partial charge >= 0.3 is 5.63 Å². The highest BCUT2D eigenvalue weighted by molar-refractivity contribution is 6.32. The van der Waals surface area contributed by atoms with Gasteiger partial charge in [-0.15, -0.1) is 0 Å². The Bertz CT molecular complexity index is 1620. The van der Waals surface area contributed by atoms with Crippen LogP contribution in [0.5, 0.6) is 0 Å². The highest BCUT2D eigenvalue weighted by Gasteiger charge is 2.19. The van der Waals surface area contributed by atoms with Crippen molar-refractivity contribution in [2.24, 2.45) is 5.73 Å². The van der Waals surface area contributed by atoms with Crippen molar-refractivity contribution in [3.05, 3.63) is 93.3 Å². The second kappa shape index (κ2) is 8.22. The molecule has 7 nitrogen and oxygen atoms in total. The van der Waals surface area contributed by atoms with E-state index in [0.29, 0.717) is 40.0 Å². The van der Waals surface area contributed by atoms with Gasteiger partial charge in [0, 0.05) is 17.1 Å². The Morgan fingerprint density at radius 3 is 2.47 bits per heavy atom. The van der Waals surface area contributed by atoms with Crippen molar-refractivity contribution >= 4 is 52.9 Å². The van der Waals surface area contributed by atoms with E-state index in [0.717, 1.165) is 22.3 Å². The fourth-order valence-corrected chi connectivity index (χ4v) is 4.08. The minimum atomic E-state index is -0.816. The first kappa shape index (κ1) is 21.5. The van der Waals surface area contributed by atoms with Gasteiger partial charge in [0.05, 0.1) is 17.6 Å². The van der Waals surface area contributed by atoms with Gasteiger partial charge in [0.1, 0.15) is 19.0 Å². The van der Waals surface area contributed by atoms with E-state index in [1.54, 1.807) is 13.0 Å². The van der Waals surface area contributed by atoms with E-state index >= 15 is 0 Å². The molecule has 0 spiro atoms. The predicted octanol–water partition coefficient (Wildman–Crippen LogP) is 3.44. The fourth-order valence-electron chi connectivity index (χ4n) is 4.08. The zero-order chi connectivity index (χ0) is 24.0. The van der Waals surface area contributed by atoms with Crippen molar-refractivity contribution in [2.75, 3.05) is 5.32 Å². The quantitative estimate of drug-likeness (QED) is 0.317. The summed E-state index contributed by atoms with van der Waals surface area (Å²) >= 11 is 0. The molecule has 0 saturated heterocycles. The summed E-state index contributed by atoms with van der Waals surface area (Å²) in [5.74, 6) is -0.190. The largest absolute Gasteiger partial charge is 0.422 e. The van der Waals surface area contributed by atoms with Gasteiger partial charge in [0.2, 0.25) is 5.95 Å². The van der Waals surface area contributed by atoms with E-state index < -0.39 is 11.5 Å². The number of nitrogens with two attached hydrogens (primary N) is 1. The van der Waals surface area contributed by atoms with E-state index in [1.165, 1.54) is 0 Å². The summed E-state index contributed by atoms with van der Waals surface area (Å²) < 4.78 is 7.48. The molecule has 3 aromatic carbocycles. The van der Waals surface area contributed by atoms with Crippen LogP contribution in [0.1, 0.15) is 27.0 Å². The number of nitrogens with one attached hydrogen (secondary N) is 1. The normalized spacial score (nSPS) is 11.2. The highest BCUT2D eigenvalue weighted by atomic mass is 16.4. The first-order valence-corrected chi connectivity index (χ1v) is 10.8. The van der Waals surface area contributed by atoms with Crippen molar-refractivity contribution in [1.29, 1.82) is 0 Å². The topological polar surface area (TPSA) is 103 Å². The van der Waals surface area contributed by atoms with Gasteiger partial charge in [-0.1, -0.05) is 47.4 Å². The van der Waals surface area contributed by atoms with Crippen LogP contribution in [-0.2, 0) is 6.54 Å². The van der Waals surface area contributed by atoms with Crippen LogP contribution >= 0.6 is 0 Å². The summed E-state index contributed by atoms with van der Waals surface area (Å²) in [6, 6.07) is 19.2. The minimum absolute atomic E-state index is 0.147. The van der Waals surface area contributed by atoms with Crippen molar-refractivity contribution in [3.8, 4) is 0 Å². The number of nitrogens with zero attached hydrogens (tertiary/aromatic N) is 2. The number of anilines is 2. The molecular formula is C26H21BN4O3. The average molecular weight is 448 g/mol. The maximum atomic E-state index is 12.4. The Hall–Kier alpha value is -4.33. The van der Waals surface area contributed by atoms with Gasteiger partial charge in [-0.3, -0.25) is 4.79 Å². The number of hydrogen-bond acceptors (Lipinski definition) is 5. The van der Waals surface area contributed by atoms with E-state index in [9.17, 15) is 9.59 Å².